The molecule has 0 saturated heterocycles. The van der Waals surface area contributed by atoms with E-state index in [1.54, 1.807) is 12.1 Å². The molecule has 28 heavy (non-hydrogen) atoms. The van der Waals surface area contributed by atoms with Crippen LogP contribution in [0.25, 0.3) is 0 Å². The van der Waals surface area contributed by atoms with Crippen molar-refractivity contribution in [1.82, 2.24) is 5.32 Å². The van der Waals surface area contributed by atoms with Crippen molar-refractivity contribution in [2.45, 2.75) is 39.2 Å². The number of hydrogen-bond donors (Lipinski definition) is 2. The fourth-order valence-electron chi connectivity index (χ4n) is 2.62. The van der Waals surface area contributed by atoms with Gasteiger partial charge >= 0.3 is 0 Å². The predicted octanol–water partition coefficient (Wildman–Crippen LogP) is 4.41. The fourth-order valence-corrected chi connectivity index (χ4v) is 3.42. The third kappa shape index (κ3) is 7.13. The molecule has 0 heterocycles. The highest BCUT2D eigenvalue weighted by molar-refractivity contribution is 7.92. The van der Waals surface area contributed by atoms with Crippen molar-refractivity contribution in [2.75, 3.05) is 17.6 Å². The standard InChI is InChI=1S/C21H28N2O3S2/c1-15(16-6-10-18(11-7-16)23-28(5,24)25)22-20(27)14-26-19-12-8-17(9-13-19)21(2,3)4/h6-13,15,23H,14H2,1-5H3,(H,22,27)/t15-/m1/s1. The summed E-state index contributed by atoms with van der Waals surface area (Å²) in [4.78, 5) is 0.603. The van der Waals surface area contributed by atoms with E-state index in [-0.39, 0.29) is 11.5 Å². The van der Waals surface area contributed by atoms with Gasteiger partial charge in [0, 0.05) is 11.7 Å². The predicted molar refractivity (Wildman–Crippen MR) is 120 cm³/mol. The van der Waals surface area contributed by atoms with Gasteiger partial charge < -0.3 is 10.1 Å². The second-order valence-corrected chi connectivity index (χ2v) is 10.1. The molecule has 2 N–H and O–H groups in total. The first kappa shape index (κ1) is 22.2. The van der Waals surface area contributed by atoms with E-state index in [9.17, 15) is 8.42 Å². The summed E-state index contributed by atoms with van der Waals surface area (Å²) in [6.07, 6.45) is 1.13. The van der Waals surface area contributed by atoms with Crippen LogP contribution in [0.2, 0.25) is 0 Å². The molecule has 0 radical (unpaired) electrons. The van der Waals surface area contributed by atoms with E-state index < -0.39 is 10.0 Å². The van der Waals surface area contributed by atoms with Gasteiger partial charge in [-0.2, -0.15) is 0 Å². The molecule has 0 aliphatic carbocycles. The number of sulfonamides is 1. The van der Waals surface area contributed by atoms with Crippen LogP contribution in [0, 0.1) is 0 Å². The quantitative estimate of drug-likeness (QED) is 0.650. The Labute approximate surface area is 173 Å². The van der Waals surface area contributed by atoms with E-state index in [0.29, 0.717) is 17.3 Å². The monoisotopic (exact) mass is 420 g/mol. The summed E-state index contributed by atoms with van der Waals surface area (Å²) >= 11 is 5.38. The van der Waals surface area contributed by atoms with Gasteiger partial charge in [-0.05, 0) is 47.7 Å². The summed E-state index contributed by atoms with van der Waals surface area (Å²) < 4.78 is 30.7. The Morgan fingerprint density at radius 2 is 1.64 bits per heavy atom. The van der Waals surface area contributed by atoms with Gasteiger partial charge in [0.15, 0.2) is 0 Å². The van der Waals surface area contributed by atoms with Crippen molar-refractivity contribution in [3.8, 4) is 5.75 Å². The minimum absolute atomic E-state index is 0.0216. The fraction of sp³-hybridized carbons (Fsp3) is 0.381. The third-order valence-corrected chi connectivity index (χ3v) is 5.02. The minimum atomic E-state index is -3.28. The van der Waals surface area contributed by atoms with Crippen LogP contribution in [0.1, 0.15) is 44.9 Å². The zero-order valence-corrected chi connectivity index (χ0v) is 18.6. The molecule has 0 unspecified atom stereocenters. The van der Waals surface area contributed by atoms with Crippen LogP contribution in [-0.2, 0) is 15.4 Å². The van der Waals surface area contributed by atoms with Gasteiger partial charge in [-0.1, -0.05) is 57.3 Å². The molecule has 1 atom stereocenters. The molecule has 0 aromatic heterocycles. The van der Waals surface area contributed by atoms with Gasteiger partial charge in [-0.15, -0.1) is 0 Å². The number of anilines is 1. The Morgan fingerprint density at radius 3 is 2.14 bits per heavy atom. The first-order chi connectivity index (χ1) is 12.9. The highest BCUT2D eigenvalue weighted by atomic mass is 32.2. The first-order valence-corrected chi connectivity index (χ1v) is 11.3. The van der Waals surface area contributed by atoms with Crippen LogP contribution < -0.4 is 14.8 Å². The molecular formula is C21H28N2O3S2. The summed E-state index contributed by atoms with van der Waals surface area (Å²) in [6.45, 7) is 8.80. The molecule has 7 heteroatoms. The maximum atomic E-state index is 11.3. The first-order valence-electron chi connectivity index (χ1n) is 9.04. The number of nitrogens with one attached hydrogen (secondary N) is 2. The van der Waals surface area contributed by atoms with Crippen molar-refractivity contribution < 1.29 is 13.2 Å². The van der Waals surface area contributed by atoms with E-state index >= 15 is 0 Å². The summed E-state index contributed by atoms with van der Waals surface area (Å²) in [5.74, 6) is 0.779. The molecule has 2 aromatic rings. The number of benzene rings is 2. The van der Waals surface area contributed by atoms with Gasteiger partial charge in [-0.3, -0.25) is 4.72 Å². The van der Waals surface area contributed by atoms with Crippen molar-refractivity contribution in [2.24, 2.45) is 0 Å². The van der Waals surface area contributed by atoms with Crippen molar-refractivity contribution in [3.05, 3.63) is 59.7 Å². The number of thiocarbonyl (C=S) groups is 1. The van der Waals surface area contributed by atoms with E-state index in [1.807, 2.05) is 31.2 Å². The Balaban J connectivity index is 1.87. The smallest absolute Gasteiger partial charge is 0.229 e. The average Bonchev–Trinajstić information content (AvgIpc) is 2.59. The zero-order valence-electron chi connectivity index (χ0n) is 16.9. The van der Waals surface area contributed by atoms with E-state index in [0.717, 1.165) is 17.6 Å². The number of rotatable bonds is 7. The lowest BCUT2D eigenvalue weighted by molar-refractivity contribution is 0.372. The second kappa shape index (κ2) is 8.92. The van der Waals surface area contributed by atoms with Crippen molar-refractivity contribution >= 4 is 32.9 Å². The molecule has 0 aliphatic heterocycles. The lowest BCUT2D eigenvalue weighted by Gasteiger charge is -2.20. The van der Waals surface area contributed by atoms with Gasteiger partial charge in [-0.25, -0.2) is 8.42 Å². The summed E-state index contributed by atoms with van der Waals surface area (Å²) in [7, 11) is -3.28. The largest absolute Gasteiger partial charge is 0.486 e. The van der Waals surface area contributed by atoms with Crippen LogP contribution in [0.15, 0.2) is 48.5 Å². The van der Waals surface area contributed by atoms with E-state index in [2.05, 4.69) is 42.9 Å². The maximum Gasteiger partial charge on any atom is 0.229 e. The molecule has 0 fully saturated rings. The van der Waals surface area contributed by atoms with E-state index in [4.69, 9.17) is 17.0 Å². The summed E-state index contributed by atoms with van der Waals surface area (Å²) in [5.41, 5.74) is 2.89. The molecule has 5 nitrogen and oxygen atoms in total. The lowest BCUT2D eigenvalue weighted by atomic mass is 9.87. The third-order valence-electron chi connectivity index (χ3n) is 4.18. The second-order valence-electron chi connectivity index (χ2n) is 7.85. The van der Waals surface area contributed by atoms with Crippen LogP contribution in [-0.4, -0.2) is 26.3 Å². The topological polar surface area (TPSA) is 67.4 Å². The van der Waals surface area contributed by atoms with Gasteiger partial charge in [0.2, 0.25) is 10.0 Å². The average molecular weight is 421 g/mol. The summed E-state index contributed by atoms with van der Waals surface area (Å²) in [6, 6.07) is 15.2. The number of hydrogen-bond acceptors (Lipinski definition) is 4. The Hall–Kier alpha value is -2.12. The Morgan fingerprint density at radius 1 is 1.07 bits per heavy atom. The van der Waals surface area contributed by atoms with Crippen LogP contribution >= 0.6 is 12.2 Å². The van der Waals surface area contributed by atoms with Crippen LogP contribution in [0.5, 0.6) is 5.75 Å². The minimum Gasteiger partial charge on any atom is -0.486 e. The van der Waals surface area contributed by atoms with Crippen LogP contribution in [0.3, 0.4) is 0 Å². The molecule has 0 spiro atoms. The highest BCUT2D eigenvalue weighted by Gasteiger charge is 2.13. The lowest BCUT2D eigenvalue weighted by Crippen LogP contribution is -2.29. The molecule has 2 rings (SSSR count). The summed E-state index contributed by atoms with van der Waals surface area (Å²) in [5, 5.41) is 3.24. The molecule has 0 bridgehead atoms. The van der Waals surface area contributed by atoms with Crippen molar-refractivity contribution in [1.29, 1.82) is 0 Å². The zero-order chi connectivity index (χ0) is 20.9. The maximum absolute atomic E-state index is 11.3. The molecule has 152 valence electrons. The molecule has 0 amide bonds. The molecule has 0 saturated carbocycles. The van der Waals surface area contributed by atoms with Gasteiger partial charge in [0.05, 0.1) is 6.26 Å². The number of ether oxygens (including phenoxy) is 1. The van der Waals surface area contributed by atoms with Crippen molar-refractivity contribution in [3.63, 3.8) is 0 Å². The van der Waals surface area contributed by atoms with Gasteiger partial charge in [0.1, 0.15) is 17.3 Å². The highest BCUT2D eigenvalue weighted by Crippen LogP contribution is 2.24. The SMILES string of the molecule is C[C@@H](NC(=S)COc1ccc(C(C)(C)C)cc1)c1ccc(NS(C)(=O)=O)cc1. The van der Waals surface area contributed by atoms with E-state index in [1.165, 1.54) is 5.56 Å². The van der Waals surface area contributed by atoms with Gasteiger partial charge in [0.25, 0.3) is 0 Å². The Kier molecular flexibility index (Phi) is 7.06. The van der Waals surface area contributed by atoms with Crippen LogP contribution in [0.4, 0.5) is 5.69 Å². The normalized spacial score (nSPS) is 12.9. The Bertz CT molecular complexity index is 900. The molecule has 2 aromatic carbocycles. The molecular weight excluding hydrogens is 392 g/mol. The molecule has 0 aliphatic rings.